The second kappa shape index (κ2) is 12.4. The minimum Gasteiger partial charge on any atom is -0.487 e. The third kappa shape index (κ3) is 6.80. The van der Waals surface area contributed by atoms with Crippen LogP contribution in [0.4, 0.5) is 14.9 Å². The van der Waals surface area contributed by atoms with Crippen molar-refractivity contribution >= 4 is 21.7 Å². The molecule has 200 valence electrons. The fraction of sp³-hybridized carbons (Fsp3) is 0.444. The summed E-state index contributed by atoms with van der Waals surface area (Å²) in [6, 6.07) is 9.38. The number of aliphatic hydroxyl groups is 1. The van der Waals surface area contributed by atoms with E-state index in [0.29, 0.717) is 12.0 Å². The summed E-state index contributed by atoms with van der Waals surface area (Å²) < 4.78 is 48.7. The van der Waals surface area contributed by atoms with E-state index >= 15 is 0 Å². The van der Waals surface area contributed by atoms with Crippen LogP contribution in [0, 0.1) is 23.6 Å². The van der Waals surface area contributed by atoms with Crippen molar-refractivity contribution in [1.82, 2.24) is 9.21 Å². The first-order valence-electron chi connectivity index (χ1n) is 12.3. The molecule has 0 aliphatic carbocycles. The average Bonchev–Trinajstić information content (AvgIpc) is 2.87. The summed E-state index contributed by atoms with van der Waals surface area (Å²) in [6.45, 7) is 5.32. The summed E-state index contributed by atoms with van der Waals surface area (Å²) in [5, 5.41) is 12.3. The van der Waals surface area contributed by atoms with Crippen LogP contribution in [0.25, 0.3) is 0 Å². The predicted octanol–water partition coefficient (Wildman–Crippen LogP) is 3.91. The number of hydrogen-bond donors (Lipinski definition) is 2. The number of carbonyl (C=O) groups is 1. The van der Waals surface area contributed by atoms with Gasteiger partial charge in [0.05, 0.1) is 18.8 Å². The lowest BCUT2D eigenvalue weighted by molar-refractivity contribution is 0.0830. The summed E-state index contributed by atoms with van der Waals surface area (Å²) in [6.07, 6.45) is 1.01. The number of likely N-dealkylation sites (N-methyl/N-ethyl adjacent to an activating group) is 1. The summed E-state index contributed by atoms with van der Waals surface area (Å²) in [7, 11) is -2.42. The minimum absolute atomic E-state index is 0.0239. The molecule has 1 aliphatic heterocycles. The van der Waals surface area contributed by atoms with Crippen molar-refractivity contribution in [2.24, 2.45) is 5.92 Å². The molecule has 3 atom stereocenters. The number of urea groups is 1. The minimum atomic E-state index is -3.98. The Balaban J connectivity index is 1.95. The van der Waals surface area contributed by atoms with Gasteiger partial charge >= 0.3 is 6.03 Å². The van der Waals surface area contributed by atoms with E-state index in [1.807, 2.05) is 13.8 Å². The zero-order chi connectivity index (χ0) is 27.2. The highest BCUT2D eigenvalue weighted by atomic mass is 32.2. The van der Waals surface area contributed by atoms with Crippen LogP contribution in [0.3, 0.4) is 0 Å². The fourth-order valence-electron chi connectivity index (χ4n) is 3.94. The second-order valence-electron chi connectivity index (χ2n) is 9.24. The lowest BCUT2D eigenvalue weighted by Crippen LogP contribution is -2.50. The molecular weight excluding hydrogens is 497 g/mol. The number of ether oxygens (including phenoxy) is 1. The van der Waals surface area contributed by atoms with E-state index in [1.165, 1.54) is 33.5 Å². The summed E-state index contributed by atoms with van der Waals surface area (Å²) in [4.78, 5) is 14.1. The van der Waals surface area contributed by atoms with Crippen LogP contribution in [0.1, 0.15) is 39.2 Å². The van der Waals surface area contributed by atoms with Crippen LogP contribution in [0.15, 0.2) is 47.4 Å². The largest absolute Gasteiger partial charge is 0.487 e. The number of nitrogens with one attached hydrogen (secondary N) is 1. The number of aliphatic hydroxyl groups excluding tert-OH is 1. The van der Waals surface area contributed by atoms with Crippen molar-refractivity contribution in [3.05, 3.63) is 53.8 Å². The zero-order valence-corrected chi connectivity index (χ0v) is 22.4. The number of rotatable bonds is 6. The molecule has 0 saturated carbocycles. The SMILES string of the molecule is CCCC#Cc1ccc2c(c1)O[C@@H](CN(C)C(=O)Nc1ccccc1F)[C@H](C)CN([C@H](C)CO)S2(=O)=O. The first-order valence-corrected chi connectivity index (χ1v) is 13.7. The Hall–Kier alpha value is -3.13. The van der Waals surface area contributed by atoms with Gasteiger partial charge in [0.2, 0.25) is 10.0 Å². The monoisotopic (exact) mass is 531 g/mol. The van der Waals surface area contributed by atoms with Gasteiger partial charge < -0.3 is 20.1 Å². The summed E-state index contributed by atoms with van der Waals surface area (Å²) in [5.74, 6) is 5.31. The number of halogens is 1. The first kappa shape index (κ1) is 28.4. The molecule has 2 aromatic rings. The van der Waals surface area contributed by atoms with E-state index in [0.717, 1.165) is 6.42 Å². The number of nitrogens with zero attached hydrogens (tertiary/aromatic N) is 2. The van der Waals surface area contributed by atoms with Gasteiger partial charge in [-0.05, 0) is 43.7 Å². The van der Waals surface area contributed by atoms with E-state index in [9.17, 15) is 22.7 Å². The molecule has 1 aliphatic rings. The quantitative estimate of drug-likeness (QED) is 0.551. The Labute approximate surface area is 218 Å². The van der Waals surface area contributed by atoms with E-state index in [1.54, 1.807) is 32.2 Å². The predicted molar refractivity (Wildman–Crippen MR) is 140 cm³/mol. The van der Waals surface area contributed by atoms with Gasteiger partial charge in [0, 0.05) is 37.5 Å². The molecule has 0 unspecified atom stereocenters. The third-order valence-corrected chi connectivity index (χ3v) is 8.21. The van der Waals surface area contributed by atoms with Crippen molar-refractivity contribution in [3.63, 3.8) is 0 Å². The summed E-state index contributed by atoms with van der Waals surface area (Å²) in [5.41, 5.74) is 0.669. The Morgan fingerprint density at radius 2 is 2.05 bits per heavy atom. The van der Waals surface area contributed by atoms with Gasteiger partial charge in [-0.1, -0.05) is 37.8 Å². The van der Waals surface area contributed by atoms with Crippen LogP contribution in [-0.2, 0) is 10.0 Å². The zero-order valence-electron chi connectivity index (χ0n) is 21.6. The Bertz CT molecular complexity index is 1270. The van der Waals surface area contributed by atoms with Gasteiger partial charge in [0.25, 0.3) is 0 Å². The van der Waals surface area contributed by atoms with E-state index < -0.39 is 34.0 Å². The number of benzene rings is 2. The van der Waals surface area contributed by atoms with E-state index in [4.69, 9.17) is 4.74 Å². The van der Waals surface area contributed by atoms with Crippen molar-refractivity contribution in [1.29, 1.82) is 0 Å². The van der Waals surface area contributed by atoms with Gasteiger partial charge in [-0.3, -0.25) is 0 Å². The topological polar surface area (TPSA) is 99.2 Å². The highest BCUT2D eigenvalue weighted by Gasteiger charge is 2.38. The van der Waals surface area contributed by atoms with E-state index in [2.05, 4.69) is 17.2 Å². The molecule has 0 spiro atoms. The molecule has 0 radical (unpaired) electrons. The summed E-state index contributed by atoms with van der Waals surface area (Å²) >= 11 is 0. The third-order valence-electron chi connectivity index (χ3n) is 6.19. The number of amides is 2. The molecule has 0 aromatic heterocycles. The van der Waals surface area contributed by atoms with Crippen LogP contribution >= 0.6 is 0 Å². The number of unbranched alkanes of at least 4 members (excludes halogenated alkanes) is 1. The molecule has 2 aromatic carbocycles. The van der Waals surface area contributed by atoms with Crippen LogP contribution in [-0.4, -0.2) is 67.7 Å². The molecule has 1 heterocycles. The molecule has 8 nitrogen and oxygen atoms in total. The number of fused-ring (bicyclic) bond motifs is 1. The van der Waals surface area contributed by atoms with Gasteiger partial charge in [0.1, 0.15) is 22.6 Å². The molecule has 2 amide bonds. The van der Waals surface area contributed by atoms with Gasteiger partial charge in [0.15, 0.2) is 0 Å². The highest BCUT2D eigenvalue weighted by Crippen LogP contribution is 2.34. The molecular formula is C27H34FN3O5S. The Morgan fingerprint density at radius 3 is 2.73 bits per heavy atom. The number of carbonyl (C=O) groups excluding carboxylic acids is 1. The van der Waals surface area contributed by atoms with Crippen molar-refractivity contribution in [2.75, 3.05) is 32.1 Å². The standard InChI is InChI=1S/C27H34FN3O5S/c1-5-6-7-10-21-13-14-26-24(15-21)36-25(19(2)16-31(20(3)18-32)37(26,34)35)17-30(4)27(33)29-23-12-9-8-11-22(23)28/h8-9,11-15,19-20,25,32H,5-6,16-18H2,1-4H3,(H,29,33)/t19-,20-,25+/m1/s1. The lowest BCUT2D eigenvalue weighted by atomic mass is 10.0. The maximum absolute atomic E-state index is 14.0. The Morgan fingerprint density at radius 1 is 1.32 bits per heavy atom. The number of para-hydroxylation sites is 1. The first-order chi connectivity index (χ1) is 17.6. The van der Waals surface area contributed by atoms with Gasteiger partial charge in [-0.15, -0.1) is 0 Å². The van der Waals surface area contributed by atoms with Gasteiger partial charge in [-0.2, -0.15) is 4.31 Å². The molecule has 37 heavy (non-hydrogen) atoms. The maximum Gasteiger partial charge on any atom is 0.321 e. The fourth-order valence-corrected chi connectivity index (χ4v) is 5.76. The highest BCUT2D eigenvalue weighted by molar-refractivity contribution is 7.89. The number of hydrogen-bond acceptors (Lipinski definition) is 5. The molecule has 0 fully saturated rings. The molecule has 3 rings (SSSR count). The van der Waals surface area contributed by atoms with Crippen molar-refractivity contribution in [2.45, 2.75) is 50.7 Å². The molecule has 2 N–H and O–H groups in total. The normalized spacial score (nSPS) is 19.7. The maximum atomic E-state index is 14.0. The molecule has 10 heteroatoms. The van der Waals surface area contributed by atoms with Crippen LogP contribution < -0.4 is 10.1 Å². The van der Waals surface area contributed by atoms with Crippen LogP contribution in [0.2, 0.25) is 0 Å². The van der Waals surface area contributed by atoms with Crippen molar-refractivity contribution in [3.8, 4) is 17.6 Å². The molecule has 0 saturated heterocycles. The number of sulfonamides is 1. The molecule has 0 bridgehead atoms. The second-order valence-corrected chi connectivity index (χ2v) is 11.1. The average molecular weight is 532 g/mol. The number of anilines is 1. The van der Waals surface area contributed by atoms with Gasteiger partial charge in [-0.25, -0.2) is 17.6 Å². The van der Waals surface area contributed by atoms with Crippen LogP contribution in [0.5, 0.6) is 5.75 Å². The Kier molecular flexibility index (Phi) is 9.54. The lowest BCUT2D eigenvalue weighted by Gasteiger charge is -2.37. The smallest absolute Gasteiger partial charge is 0.321 e. The van der Waals surface area contributed by atoms with E-state index in [-0.39, 0.29) is 41.9 Å². The van der Waals surface area contributed by atoms with Crippen molar-refractivity contribution < 1.29 is 27.4 Å².